The number of nitrogens with zero attached hydrogens (tertiary/aromatic N) is 3. The van der Waals surface area contributed by atoms with Crippen molar-refractivity contribution in [1.29, 1.82) is 0 Å². The largest absolute Gasteiger partial charge is 0.352 e. The van der Waals surface area contributed by atoms with Crippen LogP contribution in [0.1, 0.15) is 32.1 Å². The van der Waals surface area contributed by atoms with Crippen LogP contribution in [0.15, 0.2) is 23.2 Å². The van der Waals surface area contributed by atoms with Crippen LogP contribution in [0, 0.1) is 5.92 Å². The summed E-state index contributed by atoms with van der Waals surface area (Å²) in [5, 5.41) is 0. The molecule has 132 valence electrons. The highest BCUT2D eigenvalue weighted by Crippen LogP contribution is 2.27. The third-order valence-electron chi connectivity index (χ3n) is 5.00. The van der Waals surface area contributed by atoms with Crippen LogP contribution in [0.4, 0.5) is 5.82 Å². The van der Waals surface area contributed by atoms with Gasteiger partial charge >= 0.3 is 0 Å². The lowest BCUT2D eigenvalue weighted by molar-refractivity contribution is -0.136. The number of rotatable bonds is 3. The van der Waals surface area contributed by atoms with Gasteiger partial charge in [-0.1, -0.05) is 19.3 Å². The van der Waals surface area contributed by atoms with Gasteiger partial charge in [0.2, 0.25) is 5.91 Å². The summed E-state index contributed by atoms with van der Waals surface area (Å²) >= 11 is 0. The summed E-state index contributed by atoms with van der Waals surface area (Å²) in [7, 11) is -3.31. The number of hydrogen-bond acceptors (Lipinski definition) is 5. The van der Waals surface area contributed by atoms with Gasteiger partial charge < -0.3 is 9.80 Å². The van der Waals surface area contributed by atoms with Gasteiger partial charge in [-0.25, -0.2) is 13.4 Å². The molecule has 0 bridgehead atoms. The number of pyridine rings is 1. The monoisotopic (exact) mass is 351 g/mol. The smallest absolute Gasteiger partial charge is 0.225 e. The molecule has 24 heavy (non-hydrogen) atoms. The van der Waals surface area contributed by atoms with Gasteiger partial charge in [-0.15, -0.1) is 0 Å². The number of aromatic nitrogens is 1. The van der Waals surface area contributed by atoms with Crippen LogP contribution in [0.2, 0.25) is 0 Å². The zero-order chi connectivity index (χ0) is 17.2. The van der Waals surface area contributed by atoms with Crippen LogP contribution in [0.3, 0.4) is 0 Å². The quantitative estimate of drug-likeness (QED) is 0.829. The SMILES string of the molecule is CS(=O)(=O)c1cccnc1N1CCN(C(=O)C2CCCCC2)CC1. The molecule has 0 unspecified atom stereocenters. The van der Waals surface area contributed by atoms with Crippen molar-refractivity contribution in [2.24, 2.45) is 5.92 Å². The van der Waals surface area contributed by atoms with Gasteiger partial charge in [0.15, 0.2) is 9.84 Å². The molecule has 2 fully saturated rings. The molecule has 7 heteroatoms. The Bertz CT molecular complexity index is 691. The third kappa shape index (κ3) is 3.71. The molecule has 6 nitrogen and oxygen atoms in total. The van der Waals surface area contributed by atoms with E-state index in [0.717, 1.165) is 25.7 Å². The summed E-state index contributed by atoms with van der Waals surface area (Å²) in [4.78, 5) is 21.1. The first-order valence-electron chi connectivity index (χ1n) is 8.65. The zero-order valence-electron chi connectivity index (χ0n) is 14.1. The van der Waals surface area contributed by atoms with E-state index in [1.807, 2.05) is 9.80 Å². The number of sulfone groups is 1. The molecule has 3 rings (SSSR count). The summed E-state index contributed by atoms with van der Waals surface area (Å²) in [6.07, 6.45) is 8.39. The molecule has 1 saturated heterocycles. The molecular weight excluding hydrogens is 326 g/mol. The second kappa shape index (κ2) is 7.09. The molecule has 1 aliphatic heterocycles. The lowest BCUT2D eigenvalue weighted by Gasteiger charge is -2.38. The average Bonchev–Trinajstić information content (AvgIpc) is 2.61. The number of anilines is 1. The molecule has 1 aliphatic carbocycles. The highest BCUT2D eigenvalue weighted by atomic mass is 32.2. The molecule has 1 aromatic heterocycles. The van der Waals surface area contributed by atoms with E-state index in [0.29, 0.717) is 32.0 Å². The predicted molar refractivity (Wildman–Crippen MR) is 92.7 cm³/mol. The standard InChI is InChI=1S/C17H25N3O3S/c1-24(22,23)15-8-5-9-18-16(15)19-10-12-20(13-11-19)17(21)14-6-3-2-4-7-14/h5,8-9,14H,2-4,6-7,10-13H2,1H3. The van der Waals surface area contributed by atoms with Crippen LogP contribution >= 0.6 is 0 Å². The molecule has 0 spiro atoms. The normalized spacial score (nSPS) is 20.2. The number of carbonyl (C=O) groups excluding carboxylic acids is 1. The Morgan fingerprint density at radius 3 is 2.42 bits per heavy atom. The second-order valence-corrected chi connectivity index (χ2v) is 8.73. The maximum Gasteiger partial charge on any atom is 0.225 e. The summed E-state index contributed by atoms with van der Waals surface area (Å²) in [5.74, 6) is 0.968. The number of amides is 1. The second-order valence-electron chi connectivity index (χ2n) is 6.74. The molecule has 2 heterocycles. The average molecular weight is 351 g/mol. The molecule has 0 atom stereocenters. The van der Waals surface area contributed by atoms with Gasteiger partial charge in [0.25, 0.3) is 0 Å². The van der Waals surface area contributed by atoms with E-state index < -0.39 is 9.84 Å². The van der Waals surface area contributed by atoms with Crippen molar-refractivity contribution in [1.82, 2.24) is 9.88 Å². The highest BCUT2D eigenvalue weighted by molar-refractivity contribution is 7.90. The predicted octanol–water partition coefficient (Wildman–Crippen LogP) is 1.71. The van der Waals surface area contributed by atoms with Crippen LogP contribution in [-0.2, 0) is 14.6 Å². The van der Waals surface area contributed by atoms with E-state index in [4.69, 9.17) is 0 Å². The Labute approximate surface area is 143 Å². The van der Waals surface area contributed by atoms with Crippen molar-refractivity contribution in [3.63, 3.8) is 0 Å². The minimum Gasteiger partial charge on any atom is -0.352 e. The maximum atomic E-state index is 12.6. The summed E-state index contributed by atoms with van der Waals surface area (Å²) in [5.41, 5.74) is 0. The molecule has 0 N–H and O–H groups in total. The fourth-order valence-corrected chi connectivity index (χ4v) is 4.49. The number of carbonyl (C=O) groups is 1. The van der Waals surface area contributed by atoms with Gasteiger partial charge in [0.05, 0.1) is 0 Å². The van der Waals surface area contributed by atoms with Crippen molar-refractivity contribution < 1.29 is 13.2 Å². The van der Waals surface area contributed by atoms with Crippen LogP contribution in [0.5, 0.6) is 0 Å². The van der Waals surface area contributed by atoms with Gasteiger partial charge in [0.1, 0.15) is 10.7 Å². The Morgan fingerprint density at radius 1 is 1.12 bits per heavy atom. The Hall–Kier alpha value is -1.63. The topological polar surface area (TPSA) is 70.6 Å². The first-order chi connectivity index (χ1) is 11.5. The van der Waals surface area contributed by atoms with Crippen molar-refractivity contribution >= 4 is 21.6 Å². The van der Waals surface area contributed by atoms with E-state index in [1.54, 1.807) is 18.3 Å². The van der Waals surface area contributed by atoms with Gasteiger partial charge in [-0.05, 0) is 25.0 Å². The molecule has 1 saturated carbocycles. The minimum atomic E-state index is -3.31. The summed E-state index contributed by atoms with van der Waals surface area (Å²) < 4.78 is 23.9. The van der Waals surface area contributed by atoms with Gasteiger partial charge in [-0.3, -0.25) is 4.79 Å². The third-order valence-corrected chi connectivity index (χ3v) is 6.11. The fourth-order valence-electron chi connectivity index (χ4n) is 3.66. The summed E-state index contributed by atoms with van der Waals surface area (Å²) in [6, 6.07) is 3.24. The lowest BCUT2D eigenvalue weighted by atomic mass is 9.88. The van der Waals surface area contributed by atoms with E-state index in [1.165, 1.54) is 12.7 Å². The van der Waals surface area contributed by atoms with Gasteiger partial charge in [0, 0.05) is 44.5 Å². The Balaban J connectivity index is 1.66. The molecule has 0 radical (unpaired) electrons. The van der Waals surface area contributed by atoms with Crippen molar-refractivity contribution in [3.05, 3.63) is 18.3 Å². The maximum absolute atomic E-state index is 12.6. The minimum absolute atomic E-state index is 0.187. The lowest BCUT2D eigenvalue weighted by Crippen LogP contribution is -2.51. The first-order valence-corrected chi connectivity index (χ1v) is 10.5. The zero-order valence-corrected chi connectivity index (χ0v) is 15.0. The van der Waals surface area contributed by atoms with E-state index in [2.05, 4.69) is 4.98 Å². The first kappa shape index (κ1) is 17.2. The van der Waals surface area contributed by atoms with Crippen molar-refractivity contribution in [2.45, 2.75) is 37.0 Å². The van der Waals surface area contributed by atoms with E-state index >= 15 is 0 Å². The van der Waals surface area contributed by atoms with E-state index in [-0.39, 0.29) is 16.7 Å². The summed E-state index contributed by atoms with van der Waals surface area (Å²) in [6.45, 7) is 2.51. The number of hydrogen-bond donors (Lipinski definition) is 0. The molecule has 1 amide bonds. The molecular formula is C17H25N3O3S. The Kier molecular flexibility index (Phi) is 5.08. The Morgan fingerprint density at radius 2 is 1.79 bits per heavy atom. The number of piperazine rings is 1. The van der Waals surface area contributed by atoms with Crippen molar-refractivity contribution in [3.8, 4) is 0 Å². The fraction of sp³-hybridized carbons (Fsp3) is 0.647. The molecule has 2 aliphatic rings. The van der Waals surface area contributed by atoms with Crippen molar-refractivity contribution in [2.75, 3.05) is 37.3 Å². The van der Waals surface area contributed by atoms with Crippen LogP contribution < -0.4 is 4.90 Å². The highest BCUT2D eigenvalue weighted by Gasteiger charge is 2.30. The van der Waals surface area contributed by atoms with Crippen LogP contribution in [0.25, 0.3) is 0 Å². The van der Waals surface area contributed by atoms with E-state index in [9.17, 15) is 13.2 Å². The molecule has 1 aromatic rings. The molecule has 0 aromatic carbocycles. The van der Waals surface area contributed by atoms with Gasteiger partial charge in [-0.2, -0.15) is 0 Å². The van der Waals surface area contributed by atoms with Crippen LogP contribution in [-0.4, -0.2) is 56.6 Å².